The highest BCUT2D eigenvalue weighted by Crippen LogP contribution is 2.39. The van der Waals surface area contributed by atoms with E-state index in [0.717, 1.165) is 18.4 Å². The van der Waals surface area contributed by atoms with E-state index in [1.54, 1.807) is 0 Å². The molecule has 0 aromatic rings. The molecule has 0 aromatic heterocycles. The van der Waals surface area contributed by atoms with Gasteiger partial charge in [-0.15, -0.1) is 0 Å². The lowest BCUT2D eigenvalue weighted by atomic mass is 9.67. The van der Waals surface area contributed by atoms with Crippen molar-refractivity contribution in [3.8, 4) is 0 Å². The minimum atomic E-state index is 0.444. The summed E-state index contributed by atoms with van der Waals surface area (Å²) >= 11 is 0. The highest BCUT2D eigenvalue weighted by atomic mass is 16.5. The first-order valence-electron chi connectivity index (χ1n) is 8.45. The van der Waals surface area contributed by atoms with Crippen LogP contribution in [0.1, 0.15) is 46.0 Å². The van der Waals surface area contributed by atoms with E-state index in [-0.39, 0.29) is 0 Å². The van der Waals surface area contributed by atoms with Gasteiger partial charge in [-0.25, -0.2) is 0 Å². The fourth-order valence-electron chi connectivity index (χ4n) is 4.62. The third kappa shape index (κ3) is 3.96. The lowest BCUT2D eigenvalue weighted by Gasteiger charge is -2.46. The summed E-state index contributed by atoms with van der Waals surface area (Å²) in [6.07, 6.45) is 6.83. The molecule has 3 nitrogen and oxygen atoms in total. The monoisotopic (exact) mass is 282 g/mol. The second-order valence-corrected chi connectivity index (χ2v) is 7.63. The summed E-state index contributed by atoms with van der Waals surface area (Å²) < 4.78 is 5.36. The molecule has 1 saturated carbocycles. The van der Waals surface area contributed by atoms with Gasteiger partial charge < -0.3 is 15.0 Å². The largest absolute Gasteiger partial charge is 0.384 e. The van der Waals surface area contributed by atoms with Crippen molar-refractivity contribution in [2.24, 2.45) is 17.3 Å². The fraction of sp³-hybridized carbons (Fsp3) is 1.00. The number of rotatable bonds is 5. The van der Waals surface area contributed by atoms with Crippen LogP contribution in [0.25, 0.3) is 0 Å². The van der Waals surface area contributed by atoms with Crippen LogP contribution in [0, 0.1) is 17.3 Å². The summed E-state index contributed by atoms with van der Waals surface area (Å²) in [5, 5.41) is 3.62. The number of methoxy groups -OCH3 is 1. The summed E-state index contributed by atoms with van der Waals surface area (Å²) in [6, 6.07) is 0.666. The van der Waals surface area contributed by atoms with Crippen LogP contribution in [0.4, 0.5) is 0 Å². The first-order chi connectivity index (χ1) is 9.56. The topological polar surface area (TPSA) is 24.5 Å². The number of ether oxygens (including phenoxy) is 1. The van der Waals surface area contributed by atoms with Crippen LogP contribution in [0.3, 0.4) is 0 Å². The quantitative estimate of drug-likeness (QED) is 0.839. The van der Waals surface area contributed by atoms with Gasteiger partial charge in [0.1, 0.15) is 0 Å². The van der Waals surface area contributed by atoms with Crippen molar-refractivity contribution >= 4 is 0 Å². The second kappa shape index (κ2) is 7.24. The maximum absolute atomic E-state index is 5.36. The van der Waals surface area contributed by atoms with E-state index in [1.165, 1.54) is 51.7 Å². The van der Waals surface area contributed by atoms with Crippen LogP contribution >= 0.6 is 0 Å². The van der Waals surface area contributed by atoms with E-state index in [2.05, 4.69) is 31.1 Å². The maximum Gasteiger partial charge on any atom is 0.0502 e. The average Bonchev–Trinajstić information content (AvgIpc) is 2.39. The zero-order valence-electron chi connectivity index (χ0n) is 14.0. The molecule has 0 radical (unpaired) electrons. The van der Waals surface area contributed by atoms with Gasteiger partial charge in [0.05, 0.1) is 6.61 Å². The van der Waals surface area contributed by atoms with Crippen molar-refractivity contribution in [3.63, 3.8) is 0 Å². The molecule has 3 atom stereocenters. The minimum absolute atomic E-state index is 0.444. The molecule has 2 rings (SSSR count). The van der Waals surface area contributed by atoms with Gasteiger partial charge >= 0.3 is 0 Å². The summed E-state index contributed by atoms with van der Waals surface area (Å²) in [6.45, 7) is 9.60. The predicted octanol–water partition coefficient (Wildman–Crippen LogP) is 2.76. The molecule has 2 fully saturated rings. The second-order valence-electron chi connectivity index (χ2n) is 7.63. The van der Waals surface area contributed by atoms with E-state index in [1.807, 2.05) is 7.11 Å². The van der Waals surface area contributed by atoms with Crippen molar-refractivity contribution in [1.29, 1.82) is 0 Å². The molecule has 0 aromatic carbocycles. The molecule has 0 amide bonds. The third-order valence-electron chi connectivity index (χ3n) is 5.52. The van der Waals surface area contributed by atoms with E-state index >= 15 is 0 Å². The molecule has 118 valence electrons. The molecular formula is C17H34N2O. The lowest BCUT2D eigenvalue weighted by molar-refractivity contribution is 0.0495. The van der Waals surface area contributed by atoms with Crippen molar-refractivity contribution in [1.82, 2.24) is 10.2 Å². The number of nitrogens with one attached hydrogen (secondary N) is 1. The molecule has 20 heavy (non-hydrogen) atoms. The number of likely N-dealkylation sites (tertiary alicyclic amines) is 1. The molecule has 3 heteroatoms. The van der Waals surface area contributed by atoms with Crippen LogP contribution < -0.4 is 5.32 Å². The van der Waals surface area contributed by atoms with Gasteiger partial charge in [-0.1, -0.05) is 20.3 Å². The van der Waals surface area contributed by atoms with E-state index in [0.29, 0.717) is 11.5 Å². The number of hydrogen-bond acceptors (Lipinski definition) is 3. The Kier molecular flexibility index (Phi) is 5.88. The highest BCUT2D eigenvalue weighted by Gasteiger charge is 2.38. The van der Waals surface area contributed by atoms with E-state index < -0.39 is 0 Å². The predicted molar refractivity (Wildman–Crippen MR) is 85.0 cm³/mol. The Morgan fingerprint density at radius 1 is 1.25 bits per heavy atom. The average molecular weight is 282 g/mol. The summed E-state index contributed by atoms with van der Waals surface area (Å²) in [5.41, 5.74) is 0.444. The Hall–Kier alpha value is -0.120. The zero-order chi connectivity index (χ0) is 14.6. The van der Waals surface area contributed by atoms with Gasteiger partial charge in [-0.2, -0.15) is 0 Å². The van der Waals surface area contributed by atoms with E-state index in [4.69, 9.17) is 4.74 Å². The number of piperidine rings is 1. The van der Waals surface area contributed by atoms with Crippen molar-refractivity contribution in [3.05, 3.63) is 0 Å². The molecule has 0 spiro atoms. The Morgan fingerprint density at radius 2 is 2.05 bits per heavy atom. The SMILES string of the molecule is CNC1C(CN2CCCC(COC)C2)CCCC1(C)C. The molecule has 1 saturated heterocycles. The first kappa shape index (κ1) is 16.3. The lowest BCUT2D eigenvalue weighted by Crippen LogP contribution is -2.52. The standard InChI is InChI=1S/C17H34N2O/c1-17(2)9-5-8-15(16(17)18-3)12-19-10-6-7-14(11-19)13-20-4/h14-16,18H,5-13H2,1-4H3. The number of nitrogens with zero attached hydrogens (tertiary/aromatic N) is 1. The summed E-state index contributed by atoms with van der Waals surface area (Å²) in [7, 11) is 3.98. The molecule has 2 aliphatic rings. The van der Waals surface area contributed by atoms with Gasteiger partial charge in [-0.05, 0) is 56.5 Å². The van der Waals surface area contributed by atoms with Crippen molar-refractivity contribution in [2.45, 2.75) is 52.0 Å². The molecule has 1 aliphatic heterocycles. The van der Waals surface area contributed by atoms with Gasteiger partial charge in [-0.3, -0.25) is 0 Å². The zero-order valence-corrected chi connectivity index (χ0v) is 14.0. The van der Waals surface area contributed by atoms with E-state index in [9.17, 15) is 0 Å². The van der Waals surface area contributed by atoms with Gasteiger partial charge in [0.15, 0.2) is 0 Å². The van der Waals surface area contributed by atoms with Gasteiger partial charge in [0.25, 0.3) is 0 Å². The van der Waals surface area contributed by atoms with Crippen molar-refractivity contribution in [2.75, 3.05) is 40.4 Å². The van der Waals surface area contributed by atoms with Crippen LogP contribution in [0.5, 0.6) is 0 Å². The number of hydrogen-bond donors (Lipinski definition) is 1. The molecule has 1 heterocycles. The summed E-state index contributed by atoms with van der Waals surface area (Å²) in [4.78, 5) is 2.70. The Bertz CT molecular complexity index is 291. The first-order valence-corrected chi connectivity index (χ1v) is 8.45. The Morgan fingerprint density at radius 3 is 2.75 bits per heavy atom. The third-order valence-corrected chi connectivity index (χ3v) is 5.52. The molecule has 3 unspecified atom stereocenters. The van der Waals surface area contributed by atoms with Crippen LogP contribution in [-0.4, -0.2) is 51.3 Å². The fourth-order valence-corrected chi connectivity index (χ4v) is 4.62. The molecule has 0 bridgehead atoms. The molecule has 1 aliphatic carbocycles. The van der Waals surface area contributed by atoms with Gasteiger partial charge in [0.2, 0.25) is 0 Å². The van der Waals surface area contributed by atoms with Crippen LogP contribution in [0.2, 0.25) is 0 Å². The van der Waals surface area contributed by atoms with Gasteiger partial charge in [0, 0.05) is 26.2 Å². The van der Waals surface area contributed by atoms with Crippen molar-refractivity contribution < 1.29 is 4.74 Å². The normalized spacial score (nSPS) is 35.1. The maximum atomic E-state index is 5.36. The minimum Gasteiger partial charge on any atom is -0.384 e. The molecular weight excluding hydrogens is 248 g/mol. The summed E-state index contributed by atoms with van der Waals surface area (Å²) in [5.74, 6) is 1.56. The highest BCUT2D eigenvalue weighted by molar-refractivity contribution is 4.94. The van der Waals surface area contributed by atoms with Crippen LogP contribution in [0.15, 0.2) is 0 Å². The molecule has 1 N–H and O–H groups in total. The Labute approximate surface area is 125 Å². The van der Waals surface area contributed by atoms with Crippen LogP contribution in [-0.2, 0) is 4.74 Å². The smallest absolute Gasteiger partial charge is 0.0502 e. The Balaban J connectivity index is 1.90.